The van der Waals surface area contributed by atoms with E-state index in [-0.39, 0.29) is 0 Å². The van der Waals surface area contributed by atoms with Crippen LogP contribution in [0.2, 0.25) is 0 Å². The maximum atomic E-state index is 4.55. The van der Waals surface area contributed by atoms with Crippen LogP contribution in [0, 0.1) is 5.92 Å². The first kappa shape index (κ1) is 8.51. The highest BCUT2D eigenvalue weighted by Crippen LogP contribution is 2.25. The number of dihydropyridines is 1. The highest BCUT2D eigenvalue weighted by atomic mass is 14.8. The summed E-state index contributed by atoms with van der Waals surface area (Å²) in [6.45, 7) is 10.9. The second-order valence-electron chi connectivity index (χ2n) is 3.55. The molecule has 0 aromatic heterocycles. The van der Waals surface area contributed by atoms with E-state index >= 15 is 0 Å². The molecular formula is C10H17N. The smallest absolute Gasteiger partial charge is 0.0537 e. The first-order chi connectivity index (χ1) is 5.04. The van der Waals surface area contributed by atoms with Crippen LogP contribution in [0.4, 0.5) is 0 Å². The summed E-state index contributed by atoms with van der Waals surface area (Å²) in [5.41, 5.74) is 4.11. The highest BCUT2D eigenvalue weighted by Gasteiger charge is 2.19. The molecular weight excluding hydrogens is 134 g/mol. The van der Waals surface area contributed by atoms with Gasteiger partial charge in [0.05, 0.1) is 6.04 Å². The fourth-order valence-electron chi connectivity index (χ4n) is 1.50. The third-order valence-corrected chi connectivity index (χ3v) is 2.94. The number of rotatable bonds is 0. The molecule has 0 amide bonds. The van der Waals surface area contributed by atoms with E-state index in [4.69, 9.17) is 0 Å². The molecule has 0 N–H and O–H groups in total. The summed E-state index contributed by atoms with van der Waals surface area (Å²) in [6, 6.07) is 0.471. The first-order valence-corrected chi connectivity index (χ1v) is 4.26. The van der Waals surface area contributed by atoms with Gasteiger partial charge in [0, 0.05) is 5.71 Å². The molecule has 1 heteroatoms. The molecule has 0 fully saturated rings. The molecule has 62 valence electrons. The zero-order valence-corrected chi connectivity index (χ0v) is 8.10. The third-order valence-electron chi connectivity index (χ3n) is 2.94. The van der Waals surface area contributed by atoms with Gasteiger partial charge in [0.2, 0.25) is 0 Å². The summed E-state index contributed by atoms with van der Waals surface area (Å²) >= 11 is 0. The van der Waals surface area contributed by atoms with Crippen LogP contribution in [-0.4, -0.2) is 11.8 Å². The van der Waals surface area contributed by atoms with Crippen molar-refractivity contribution in [3.05, 3.63) is 11.1 Å². The molecule has 0 aliphatic carbocycles. The lowest BCUT2D eigenvalue weighted by atomic mass is 9.88. The van der Waals surface area contributed by atoms with Crippen molar-refractivity contribution < 1.29 is 0 Å². The summed E-state index contributed by atoms with van der Waals surface area (Å²) in [7, 11) is 0. The molecule has 1 aliphatic rings. The molecule has 2 unspecified atom stereocenters. The minimum Gasteiger partial charge on any atom is -0.286 e. The van der Waals surface area contributed by atoms with Crippen LogP contribution in [0.5, 0.6) is 0 Å². The van der Waals surface area contributed by atoms with E-state index in [0.717, 1.165) is 0 Å². The van der Waals surface area contributed by atoms with Gasteiger partial charge in [-0.15, -0.1) is 0 Å². The van der Waals surface area contributed by atoms with E-state index in [1.807, 2.05) is 0 Å². The molecule has 0 saturated carbocycles. The Labute approximate surface area is 69.2 Å². The monoisotopic (exact) mass is 151 g/mol. The lowest BCUT2D eigenvalue weighted by Gasteiger charge is -2.25. The van der Waals surface area contributed by atoms with Crippen molar-refractivity contribution in [3.63, 3.8) is 0 Å². The van der Waals surface area contributed by atoms with Crippen LogP contribution in [-0.2, 0) is 0 Å². The minimum absolute atomic E-state index is 0.471. The largest absolute Gasteiger partial charge is 0.286 e. The fourth-order valence-corrected chi connectivity index (χ4v) is 1.50. The predicted octanol–water partition coefficient (Wildman–Crippen LogP) is 2.82. The van der Waals surface area contributed by atoms with E-state index in [1.165, 1.54) is 16.9 Å². The van der Waals surface area contributed by atoms with Gasteiger partial charge in [0.1, 0.15) is 0 Å². The predicted molar refractivity (Wildman–Crippen MR) is 50.1 cm³/mol. The molecule has 0 spiro atoms. The average Bonchev–Trinajstić information content (AvgIpc) is 1.97. The van der Waals surface area contributed by atoms with Crippen LogP contribution in [0.15, 0.2) is 16.1 Å². The van der Waals surface area contributed by atoms with Gasteiger partial charge in [-0.3, -0.25) is 4.99 Å². The summed E-state index contributed by atoms with van der Waals surface area (Å²) in [4.78, 5) is 4.55. The zero-order chi connectivity index (χ0) is 8.59. The Morgan fingerprint density at radius 3 is 2.18 bits per heavy atom. The van der Waals surface area contributed by atoms with Crippen LogP contribution < -0.4 is 0 Å². The number of allylic oxidation sites excluding steroid dienone is 1. The lowest BCUT2D eigenvalue weighted by molar-refractivity contribution is 0.544. The molecule has 0 radical (unpaired) electrons. The van der Waals surface area contributed by atoms with E-state index < -0.39 is 0 Å². The molecule has 1 nitrogen and oxygen atoms in total. The highest BCUT2D eigenvalue weighted by molar-refractivity contribution is 5.99. The molecule has 0 aromatic rings. The number of nitrogens with zero attached hydrogens (tertiary/aromatic N) is 1. The van der Waals surface area contributed by atoms with E-state index in [1.54, 1.807) is 0 Å². The van der Waals surface area contributed by atoms with Gasteiger partial charge in [-0.05, 0) is 39.2 Å². The summed E-state index contributed by atoms with van der Waals surface area (Å²) < 4.78 is 0. The number of aliphatic imine (C=N–C) groups is 1. The van der Waals surface area contributed by atoms with Crippen molar-refractivity contribution in [1.82, 2.24) is 0 Å². The molecule has 0 aromatic carbocycles. The zero-order valence-electron chi connectivity index (χ0n) is 8.10. The average molecular weight is 151 g/mol. The summed E-state index contributed by atoms with van der Waals surface area (Å²) in [5, 5.41) is 0. The molecule has 0 bridgehead atoms. The van der Waals surface area contributed by atoms with E-state index in [2.05, 4.69) is 39.6 Å². The Kier molecular flexibility index (Phi) is 2.17. The molecule has 1 aliphatic heterocycles. The van der Waals surface area contributed by atoms with Crippen molar-refractivity contribution in [2.75, 3.05) is 0 Å². The van der Waals surface area contributed by atoms with Crippen LogP contribution in [0.1, 0.15) is 34.6 Å². The molecule has 0 saturated heterocycles. The van der Waals surface area contributed by atoms with Gasteiger partial charge in [0.25, 0.3) is 0 Å². The standard InChI is InChI=1S/C10H17N/c1-6-7(2)9(4)11-10(5)8(6)3/h7,9H,1-5H3. The Hall–Kier alpha value is -0.590. The van der Waals surface area contributed by atoms with E-state index in [0.29, 0.717) is 12.0 Å². The Bertz CT molecular complexity index is 223. The van der Waals surface area contributed by atoms with Gasteiger partial charge in [0.15, 0.2) is 0 Å². The van der Waals surface area contributed by atoms with Gasteiger partial charge in [-0.25, -0.2) is 0 Å². The quantitative estimate of drug-likeness (QED) is 0.505. The lowest BCUT2D eigenvalue weighted by Crippen LogP contribution is -2.21. The van der Waals surface area contributed by atoms with Crippen molar-refractivity contribution in [2.24, 2.45) is 10.9 Å². The maximum Gasteiger partial charge on any atom is 0.0537 e. The minimum atomic E-state index is 0.471. The molecule has 2 atom stereocenters. The van der Waals surface area contributed by atoms with Crippen molar-refractivity contribution in [2.45, 2.75) is 40.7 Å². The van der Waals surface area contributed by atoms with Crippen molar-refractivity contribution >= 4 is 5.71 Å². The number of hydrogen-bond acceptors (Lipinski definition) is 1. The Morgan fingerprint density at radius 2 is 1.64 bits per heavy atom. The van der Waals surface area contributed by atoms with E-state index in [9.17, 15) is 0 Å². The summed E-state index contributed by atoms with van der Waals surface area (Å²) in [6.07, 6.45) is 0. The van der Waals surface area contributed by atoms with Gasteiger partial charge < -0.3 is 0 Å². The van der Waals surface area contributed by atoms with Crippen molar-refractivity contribution in [1.29, 1.82) is 0 Å². The Morgan fingerprint density at radius 1 is 1.09 bits per heavy atom. The Balaban J connectivity index is 3.02. The van der Waals surface area contributed by atoms with Crippen LogP contribution in [0.3, 0.4) is 0 Å². The second-order valence-corrected chi connectivity index (χ2v) is 3.55. The molecule has 1 heterocycles. The summed E-state index contributed by atoms with van der Waals surface area (Å²) in [5.74, 6) is 0.624. The van der Waals surface area contributed by atoms with Crippen LogP contribution >= 0.6 is 0 Å². The number of hydrogen-bond donors (Lipinski definition) is 0. The normalized spacial score (nSPS) is 32.3. The topological polar surface area (TPSA) is 12.4 Å². The van der Waals surface area contributed by atoms with Gasteiger partial charge in [-0.1, -0.05) is 12.5 Å². The van der Waals surface area contributed by atoms with Crippen molar-refractivity contribution in [3.8, 4) is 0 Å². The van der Waals surface area contributed by atoms with Gasteiger partial charge in [-0.2, -0.15) is 0 Å². The molecule has 1 rings (SSSR count). The maximum absolute atomic E-state index is 4.55. The SMILES string of the molecule is CC1=NC(C)C(C)C(C)=C1C. The third kappa shape index (κ3) is 1.37. The van der Waals surface area contributed by atoms with Gasteiger partial charge >= 0.3 is 0 Å². The second kappa shape index (κ2) is 2.80. The fraction of sp³-hybridized carbons (Fsp3) is 0.700. The first-order valence-electron chi connectivity index (χ1n) is 4.26. The molecule has 11 heavy (non-hydrogen) atoms. The van der Waals surface area contributed by atoms with Crippen LogP contribution in [0.25, 0.3) is 0 Å².